The van der Waals surface area contributed by atoms with E-state index in [2.05, 4.69) is 57.0 Å². The van der Waals surface area contributed by atoms with Crippen LogP contribution in [0.3, 0.4) is 0 Å². The van der Waals surface area contributed by atoms with E-state index in [1.807, 2.05) is 0 Å². The molecule has 1 aliphatic carbocycles. The number of allylic oxidation sites excluding steroid dienone is 1. The molecule has 4 heterocycles. The van der Waals surface area contributed by atoms with Gasteiger partial charge >= 0.3 is 0 Å². The Kier molecular flexibility index (Phi) is 4.68. The molecular weight excluding hydrogens is 388 g/mol. The number of nitrogens with one attached hydrogen (secondary N) is 2. The fraction of sp³-hybridized carbons (Fsp3) is 0.923. The van der Waals surface area contributed by atoms with Crippen molar-refractivity contribution in [1.82, 2.24) is 10.6 Å². The first-order valence-corrected chi connectivity index (χ1v) is 13.4. The Hall–Kier alpha value is -0.190. The molecule has 2 N–H and O–H groups in total. The maximum atomic E-state index is 7.84. The Morgan fingerprint density at radius 2 is 1.87 bits per heavy atom. The van der Waals surface area contributed by atoms with Gasteiger partial charge in [-0.25, -0.2) is 0 Å². The molecule has 4 aliphatic heterocycles. The highest BCUT2D eigenvalue weighted by atomic mass is 32.2. The number of rotatable bonds is 2. The number of fused-ring (bicyclic) bond motifs is 4. The Bertz CT molecular complexity index is 789. The molecule has 0 saturated carbocycles. The molecule has 3 unspecified atom stereocenters. The van der Waals surface area contributed by atoms with Crippen LogP contribution in [-0.2, 0) is 4.74 Å². The molecule has 0 aromatic heterocycles. The molecular formula is C26H44N2OS. The lowest BCUT2D eigenvalue weighted by Gasteiger charge is -2.43. The SMILES string of the molecule is [2H]C([2H])([2H])[C@@H]1CCC2[C@@H]3CCCC([C@H]4CC[C@H]5SC(C(C)(C)C(C)(C)C)CC5N4)=C3O[C@@H]2N1. The van der Waals surface area contributed by atoms with Gasteiger partial charge in [-0.05, 0) is 74.6 Å². The first-order valence-electron chi connectivity index (χ1n) is 13.9. The van der Waals surface area contributed by atoms with E-state index in [0.29, 0.717) is 40.0 Å². The highest BCUT2D eigenvalue weighted by Crippen LogP contribution is 2.54. The van der Waals surface area contributed by atoms with Gasteiger partial charge in [0.25, 0.3) is 0 Å². The maximum Gasteiger partial charge on any atom is 0.153 e. The Morgan fingerprint density at radius 1 is 1.03 bits per heavy atom. The summed E-state index contributed by atoms with van der Waals surface area (Å²) in [7, 11) is 0. The van der Waals surface area contributed by atoms with Crippen molar-refractivity contribution in [2.24, 2.45) is 22.7 Å². The molecule has 3 nitrogen and oxygen atoms in total. The summed E-state index contributed by atoms with van der Waals surface area (Å²) in [6.07, 6.45) is 8.88. The number of hydrogen-bond acceptors (Lipinski definition) is 4. The van der Waals surface area contributed by atoms with Gasteiger partial charge < -0.3 is 10.1 Å². The molecule has 5 rings (SSSR count). The summed E-state index contributed by atoms with van der Waals surface area (Å²) in [5, 5.41) is 8.89. The number of piperidine rings is 2. The molecule has 170 valence electrons. The van der Waals surface area contributed by atoms with Gasteiger partial charge in [0.2, 0.25) is 0 Å². The van der Waals surface area contributed by atoms with Crippen molar-refractivity contribution in [3.05, 3.63) is 11.3 Å². The third-order valence-electron chi connectivity index (χ3n) is 9.50. The van der Waals surface area contributed by atoms with Crippen molar-refractivity contribution in [3.63, 3.8) is 0 Å². The van der Waals surface area contributed by atoms with E-state index >= 15 is 0 Å². The molecule has 4 saturated heterocycles. The van der Waals surface area contributed by atoms with Crippen molar-refractivity contribution < 1.29 is 8.85 Å². The van der Waals surface area contributed by atoms with Crippen molar-refractivity contribution in [1.29, 1.82) is 0 Å². The summed E-state index contributed by atoms with van der Waals surface area (Å²) in [6, 6.07) is 0.588. The number of ether oxygens (including phenoxy) is 1. The van der Waals surface area contributed by atoms with E-state index in [4.69, 9.17) is 8.85 Å². The van der Waals surface area contributed by atoms with Crippen LogP contribution in [0.15, 0.2) is 11.3 Å². The fourth-order valence-electron chi connectivity index (χ4n) is 6.59. The van der Waals surface area contributed by atoms with E-state index in [0.717, 1.165) is 24.5 Å². The molecule has 0 aromatic carbocycles. The fourth-order valence-corrected chi connectivity index (χ4v) is 8.68. The summed E-state index contributed by atoms with van der Waals surface area (Å²) in [5.41, 5.74) is 2.11. The first-order chi connectivity index (χ1) is 15.4. The van der Waals surface area contributed by atoms with Crippen LogP contribution >= 0.6 is 11.8 Å². The van der Waals surface area contributed by atoms with Gasteiger partial charge in [0.1, 0.15) is 5.76 Å². The van der Waals surface area contributed by atoms with Crippen molar-refractivity contribution in [3.8, 4) is 0 Å². The second-order valence-corrected chi connectivity index (χ2v) is 13.6. The van der Waals surface area contributed by atoms with E-state index < -0.39 is 12.9 Å². The Balaban J connectivity index is 1.31. The van der Waals surface area contributed by atoms with Gasteiger partial charge in [0, 0.05) is 44.6 Å². The summed E-state index contributed by atoms with van der Waals surface area (Å²) >= 11 is 2.24. The normalized spacial score (nSPS) is 46.2. The highest BCUT2D eigenvalue weighted by molar-refractivity contribution is 8.00. The molecule has 0 bridgehead atoms. The standard InChI is InChI=1S/C26H44N2OS/c1-15-10-11-17-16-8-7-9-18(23(16)29-24(17)27-15)19-12-13-21-20(28-19)14-22(30-21)26(5,6)25(2,3)4/h15-17,19-22,24,27-28H,7-14H2,1-6H3/t15-,16+,17?,19-,20?,21-,22?,24+/m1/s1/i1D3. The average molecular weight is 436 g/mol. The van der Waals surface area contributed by atoms with Crippen LogP contribution in [-0.4, -0.2) is 34.9 Å². The van der Waals surface area contributed by atoms with Gasteiger partial charge in [-0.3, -0.25) is 5.32 Å². The quantitative estimate of drug-likeness (QED) is 0.570. The van der Waals surface area contributed by atoms with Gasteiger partial charge in [-0.1, -0.05) is 34.6 Å². The third kappa shape index (κ3) is 3.57. The zero-order valence-corrected chi connectivity index (χ0v) is 20.4. The van der Waals surface area contributed by atoms with Gasteiger partial charge in [-0.15, -0.1) is 0 Å². The summed E-state index contributed by atoms with van der Waals surface area (Å²) in [5.74, 6) is 2.14. The van der Waals surface area contributed by atoms with Crippen LogP contribution in [0, 0.1) is 22.7 Å². The number of hydrogen-bond donors (Lipinski definition) is 2. The zero-order valence-electron chi connectivity index (χ0n) is 22.6. The lowest BCUT2D eigenvalue weighted by atomic mass is 9.66. The minimum atomic E-state index is -1.95. The first kappa shape index (κ1) is 18.3. The van der Waals surface area contributed by atoms with Crippen LogP contribution in [0.1, 0.15) is 96.9 Å². The Morgan fingerprint density at radius 3 is 2.63 bits per heavy atom. The van der Waals surface area contributed by atoms with E-state index in [9.17, 15) is 0 Å². The summed E-state index contributed by atoms with van der Waals surface area (Å²) < 4.78 is 30.1. The monoisotopic (exact) mass is 435 g/mol. The molecule has 8 atom stereocenters. The Labute approximate surface area is 193 Å². The van der Waals surface area contributed by atoms with Crippen LogP contribution in [0.5, 0.6) is 0 Å². The van der Waals surface area contributed by atoms with Crippen molar-refractivity contribution in [2.75, 3.05) is 0 Å². The summed E-state index contributed by atoms with van der Waals surface area (Å²) in [4.78, 5) is 0. The predicted octanol–water partition coefficient (Wildman–Crippen LogP) is 5.85. The molecule has 4 heteroatoms. The topological polar surface area (TPSA) is 33.3 Å². The van der Waals surface area contributed by atoms with E-state index in [-0.39, 0.29) is 6.23 Å². The van der Waals surface area contributed by atoms with Crippen LogP contribution in [0.25, 0.3) is 0 Å². The highest BCUT2D eigenvalue weighted by Gasteiger charge is 2.51. The zero-order chi connectivity index (χ0) is 23.8. The van der Waals surface area contributed by atoms with Crippen LogP contribution < -0.4 is 10.6 Å². The minimum Gasteiger partial charge on any atom is -0.479 e. The van der Waals surface area contributed by atoms with Crippen LogP contribution in [0.4, 0.5) is 0 Å². The van der Waals surface area contributed by atoms with Crippen molar-refractivity contribution >= 4 is 11.8 Å². The summed E-state index contributed by atoms with van der Waals surface area (Å²) in [6.45, 7) is 10.1. The molecule has 0 spiro atoms. The smallest absolute Gasteiger partial charge is 0.153 e. The van der Waals surface area contributed by atoms with Gasteiger partial charge in [-0.2, -0.15) is 11.8 Å². The van der Waals surface area contributed by atoms with Gasteiger partial charge in [0.05, 0.1) is 0 Å². The molecule has 4 fully saturated rings. The lowest BCUT2D eigenvalue weighted by molar-refractivity contribution is 0.0573. The minimum absolute atomic E-state index is 0.118. The predicted molar refractivity (Wildman–Crippen MR) is 128 cm³/mol. The molecule has 0 radical (unpaired) electrons. The molecule has 30 heavy (non-hydrogen) atoms. The largest absolute Gasteiger partial charge is 0.479 e. The van der Waals surface area contributed by atoms with Crippen molar-refractivity contribution in [2.45, 2.75) is 128 Å². The van der Waals surface area contributed by atoms with Gasteiger partial charge in [0.15, 0.2) is 6.23 Å². The maximum absolute atomic E-state index is 7.84. The number of thioether (sulfide) groups is 1. The third-order valence-corrected chi connectivity index (χ3v) is 11.5. The molecule has 5 aliphatic rings. The van der Waals surface area contributed by atoms with E-state index in [1.165, 1.54) is 43.4 Å². The lowest BCUT2D eigenvalue weighted by Crippen LogP contribution is -2.49. The van der Waals surface area contributed by atoms with E-state index in [1.54, 1.807) is 0 Å². The average Bonchev–Trinajstić information content (AvgIpc) is 3.32. The molecule has 0 amide bonds. The molecule has 0 aromatic rings. The van der Waals surface area contributed by atoms with Crippen LogP contribution in [0.2, 0.25) is 0 Å². The second kappa shape index (κ2) is 7.70. The second-order valence-electron chi connectivity index (χ2n) is 12.2.